The molecular formula is C20H30N6O. The van der Waals surface area contributed by atoms with Crippen molar-refractivity contribution in [2.24, 2.45) is 13.0 Å². The number of aromatic nitrogens is 4. The first-order valence-electron chi connectivity index (χ1n) is 10.1. The van der Waals surface area contributed by atoms with E-state index in [1.807, 2.05) is 29.9 Å². The van der Waals surface area contributed by atoms with Gasteiger partial charge in [0.15, 0.2) is 5.69 Å². The molecule has 0 spiro atoms. The number of likely N-dealkylation sites (tertiary alicyclic amines) is 1. The summed E-state index contributed by atoms with van der Waals surface area (Å²) in [5.74, 6) is 0.455. The number of piperidine rings is 1. The van der Waals surface area contributed by atoms with Crippen molar-refractivity contribution < 1.29 is 4.79 Å². The van der Waals surface area contributed by atoms with E-state index in [0.717, 1.165) is 56.6 Å². The summed E-state index contributed by atoms with van der Waals surface area (Å²) in [4.78, 5) is 17.5. The molecule has 2 aromatic rings. The molecule has 0 saturated carbocycles. The van der Waals surface area contributed by atoms with Crippen molar-refractivity contribution in [3.8, 4) is 0 Å². The summed E-state index contributed by atoms with van der Waals surface area (Å²) in [7, 11) is 3.88. The third kappa shape index (κ3) is 3.40. The summed E-state index contributed by atoms with van der Waals surface area (Å²) in [6.45, 7) is 5.09. The molecule has 4 rings (SSSR count). The van der Waals surface area contributed by atoms with Gasteiger partial charge < -0.3 is 4.90 Å². The molecule has 0 radical (unpaired) electrons. The second-order valence-corrected chi connectivity index (χ2v) is 7.99. The molecule has 7 nitrogen and oxygen atoms in total. The molecule has 1 saturated heterocycles. The Hall–Kier alpha value is -2.15. The number of carbonyl (C=O) groups excluding carboxylic acids is 1. The fraction of sp³-hybridized carbons (Fsp3) is 0.650. The smallest absolute Gasteiger partial charge is 0.274 e. The number of nitrogens with one attached hydrogen (secondary N) is 1. The number of aromatic amines is 1. The summed E-state index contributed by atoms with van der Waals surface area (Å²) in [5.41, 5.74) is 4.17. The predicted octanol–water partition coefficient (Wildman–Crippen LogP) is 2.18. The van der Waals surface area contributed by atoms with E-state index in [2.05, 4.69) is 33.3 Å². The van der Waals surface area contributed by atoms with E-state index in [1.165, 1.54) is 12.0 Å². The average Bonchev–Trinajstić information content (AvgIpc) is 3.37. The number of carbonyl (C=O) groups is 1. The van der Waals surface area contributed by atoms with Crippen LogP contribution in [0.1, 0.15) is 59.5 Å². The zero-order valence-electron chi connectivity index (χ0n) is 16.6. The van der Waals surface area contributed by atoms with Crippen LogP contribution >= 0.6 is 0 Å². The lowest BCUT2D eigenvalue weighted by atomic mass is 9.85. The minimum absolute atomic E-state index is 0.0490. The van der Waals surface area contributed by atoms with Crippen LogP contribution in [0.2, 0.25) is 0 Å². The first-order valence-corrected chi connectivity index (χ1v) is 10.1. The Balaban J connectivity index is 1.52. The Labute approximate surface area is 160 Å². The van der Waals surface area contributed by atoms with Crippen molar-refractivity contribution >= 4 is 5.91 Å². The van der Waals surface area contributed by atoms with E-state index < -0.39 is 0 Å². The van der Waals surface area contributed by atoms with Crippen LogP contribution in [0, 0.1) is 5.92 Å². The second kappa shape index (κ2) is 7.46. The third-order valence-electron chi connectivity index (χ3n) is 6.20. The molecule has 0 aromatic carbocycles. The fourth-order valence-electron chi connectivity index (χ4n) is 4.89. The van der Waals surface area contributed by atoms with Crippen molar-refractivity contribution in [3.05, 3.63) is 34.9 Å². The third-order valence-corrected chi connectivity index (χ3v) is 6.20. The van der Waals surface area contributed by atoms with E-state index in [0.29, 0.717) is 17.7 Å². The van der Waals surface area contributed by atoms with Gasteiger partial charge in [-0.05, 0) is 51.1 Å². The first kappa shape index (κ1) is 18.2. The Morgan fingerprint density at radius 2 is 2.22 bits per heavy atom. The SMILES string of the molecule is CCN1CCC[C@@H](CN(C)C(=O)c2n[nH]c3c2CCC3)[C@@H]1c1cnn(C)c1. The number of aryl methyl sites for hydroxylation is 2. The van der Waals surface area contributed by atoms with E-state index >= 15 is 0 Å². The predicted molar refractivity (Wildman–Crippen MR) is 103 cm³/mol. The van der Waals surface area contributed by atoms with Gasteiger partial charge in [-0.1, -0.05) is 6.92 Å². The largest absolute Gasteiger partial charge is 0.340 e. The maximum Gasteiger partial charge on any atom is 0.274 e. The van der Waals surface area contributed by atoms with E-state index in [1.54, 1.807) is 0 Å². The Kier molecular flexibility index (Phi) is 5.04. The summed E-state index contributed by atoms with van der Waals surface area (Å²) >= 11 is 0. The highest BCUT2D eigenvalue weighted by Gasteiger charge is 2.35. The highest BCUT2D eigenvalue weighted by Crippen LogP contribution is 2.36. The van der Waals surface area contributed by atoms with Crippen LogP contribution in [0.4, 0.5) is 0 Å². The van der Waals surface area contributed by atoms with E-state index in [4.69, 9.17) is 0 Å². The van der Waals surface area contributed by atoms with Gasteiger partial charge in [0.1, 0.15) is 0 Å². The number of rotatable bonds is 5. The molecule has 2 atom stereocenters. The number of amides is 1. The first-order chi connectivity index (χ1) is 13.1. The molecule has 3 heterocycles. The lowest BCUT2D eigenvalue weighted by molar-refractivity contribution is 0.0584. The topological polar surface area (TPSA) is 70.1 Å². The standard InChI is InChI=1S/C20H30N6O/c1-4-26-10-6-7-14(19(26)15-11-21-25(3)13-15)12-24(2)20(27)18-16-8-5-9-17(16)22-23-18/h11,13-14,19H,4-10,12H2,1-3H3,(H,22,23)/t14-,19+/m0/s1. The summed E-state index contributed by atoms with van der Waals surface area (Å²) in [6, 6.07) is 0.317. The lowest BCUT2D eigenvalue weighted by Crippen LogP contribution is -2.44. The van der Waals surface area contributed by atoms with Gasteiger partial charge >= 0.3 is 0 Å². The summed E-state index contributed by atoms with van der Waals surface area (Å²) in [5, 5.41) is 11.8. The quantitative estimate of drug-likeness (QED) is 0.876. The molecule has 0 bridgehead atoms. The lowest BCUT2D eigenvalue weighted by Gasteiger charge is -2.42. The molecule has 2 aliphatic rings. The second-order valence-electron chi connectivity index (χ2n) is 7.99. The van der Waals surface area contributed by atoms with E-state index in [9.17, 15) is 4.79 Å². The van der Waals surface area contributed by atoms with Crippen molar-refractivity contribution in [2.75, 3.05) is 26.7 Å². The number of hydrogen-bond acceptors (Lipinski definition) is 4. The van der Waals surface area contributed by atoms with Gasteiger partial charge in [-0.15, -0.1) is 0 Å². The van der Waals surface area contributed by atoms with Crippen LogP contribution in [-0.4, -0.2) is 62.4 Å². The molecule has 0 unspecified atom stereocenters. The van der Waals surface area contributed by atoms with Gasteiger partial charge in [-0.3, -0.25) is 19.5 Å². The molecule has 1 fully saturated rings. The highest BCUT2D eigenvalue weighted by molar-refractivity contribution is 5.94. The maximum atomic E-state index is 13.1. The number of nitrogens with zero attached hydrogens (tertiary/aromatic N) is 5. The van der Waals surface area contributed by atoms with Gasteiger partial charge in [0.25, 0.3) is 5.91 Å². The van der Waals surface area contributed by atoms with Crippen molar-refractivity contribution in [1.82, 2.24) is 29.8 Å². The van der Waals surface area contributed by atoms with E-state index in [-0.39, 0.29) is 5.91 Å². The molecular weight excluding hydrogens is 340 g/mol. The van der Waals surface area contributed by atoms with Gasteiger partial charge in [0, 0.05) is 49.7 Å². The Morgan fingerprint density at radius 1 is 1.37 bits per heavy atom. The molecule has 27 heavy (non-hydrogen) atoms. The minimum Gasteiger partial charge on any atom is -0.340 e. The number of H-pyrrole nitrogens is 1. The maximum absolute atomic E-state index is 13.1. The van der Waals surface area contributed by atoms with Gasteiger partial charge in [0.2, 0.25) is 0 Å². The normalized spacial score (nSPS) is 22.8. The molecule has 146 valence electrons. The number of hydrogen-bond donors (Lipinski definition) is 1. The van der Waals surface area contributed by atoms with Crippen LogP contribution in [0.25, 0.3) is 0 Å². The zero-order chi connectivity index (χ0) is 19.0. The highest BCUT2D eigenvalue weighted by atomic mass is 16.2. The van der Waals surface area contributed by atoms with Gasteiger partial charge in [0.05, 0.1) is 6.20 Å². The average molecular weight is 371 g/mol. The van der Waals surface area contributed by atoms with Gasteiger partial charge in [-0.25, -0.2) is 0 Å². The van der Waals surface area contributed by atoms with Crippen molar-refractivity contribution in [2.45, 2.75) is 45.1 Å². The molecule has 1 aliphatic carbocycles. The van der Waals surface area contributed by atoms with Crippen molar-refractivity contribution in [1.29, 1.82) is 0 Å². The van der Waals surface area contributed by atoms with Crippen LogP contribution in [0.15, 0.2) is 12.4 Å². The van der Waals surface area contributed by atoms with Crippen LogP contribution in [0.5, 0.6) is 0 Å². The summed E-state index contributed by atoms with van der Waals surface area (Å²) < 4.78 is 1.87. The molecule has 1 amide bonds. The molecule has 2 aromatic heterocycles. The van der Waals surface area contributed by atoms with Crippen LogP contribution < -0.4 is 0 Å². The fourth-order valence-corrected chi connectivity index (χ4v) is 4.89. The monoisotopic (exact) mass is 370 g/mol. The Bertz CT molecular complexity index is 809. The molecule has 1 N–H and O–H groups in total. The van der Waals surface area contributed by atoms with Crippen LogP contribution in [0.3, 0.4) is 0 Å². The Morgan fingerprint density at radius 3 is 2.96 bits per heavy atom. The van der Waals surface area contributed by atoms with Crippen LogP contribution in [-0.2, 0) is 19.9 Å². The zero-order valence-corrected chi connectivity index (χ0v) is 16.6. The van der Waals surface area contributed by atoms with Gasteiger partial charge in [-0.2, -0.15) is 10.2 Å². The van der Waals surface area contributed by atoms with Crippen molar-refractivity contribution in [3.63, 3.8) is 0 Å². The molecule has 1 aliphatic heterocycles. The molecule has 7 heteroatoms. The number of fused-ring (bicyclic) bond motifs is 1. The minimum atomic E-state index is 0.0490. The summed E-state index contributed by atoms with van der Waals surface area (Å²) in [6.07, 6.45) is 9.50.